The molecule has 0 radical (unpaired) electrons. The molecule has 1 heterocycles. The molecule has 0 unspecified atom stereocenters. The Morgan fingerprint density at radius 3 is 2.28 bits per heavy atom. The molecule has 3 aromatic rings. The Hall–Kier alpha value is -3.28. The first kappa shape index (κ1) is 16.6. The summed E-state index contributed by atoms with van der Waals surface area (Å²) in [6.45, 7) is 0.312. The number of rotatable bonds is 5. The number of carbonyl (C=O) groups is 1. The summed E-state index contributed by atoms with van der Waals surface area (Å²) in [6, 6.07) is 14.5. The standard InChI is InChI=1S/C19H18N2O4/c1-24-16-9-13-8-14(18(20)22)19(23)21(15(13)10-17(16)25-2)11-12-6-4-3-5-7-12/h3-10H,11H2,1-2H3,(H2,20,22). The number of benzene rings is 2. The van der Waals surface area contributed by atoms with Gasteiger partial charge in [0.15, 0.2) is 11.5 Å². The average Bonchev–Trinajstić information content (AvgIpc) is 2.63. The van der Waals surface area contributed by atoms with Gasteiger partial charge in [0.05, 0.1) is 26.3 Å². The fourth-order valence-corrected chi connectivity index (χ4v) is 2.80. The fraction of sp³-hybridized carbons (Fsp3) is 0.158. The molecule has 2 N–H and O–H groups in total. The molecule has 0 spiro atoms. The highest BCUT2D eigenvalue weighted by Crippen LogP contribution is 2.32. The van der Waals surface area contributed by atoms with Crippen molar-refractivity contribution >= 4 is 16.8 Å². The second-order valence-corrected chi connectivity index (χ2v) is 5.57. The number of nitrogens with zero attached hydrogens (tertiary/aromatic N) is 1. The minimum absolute atomic E-state index is 0.0596. The summed E-state index contributed by atoms with van der Waals surface area (Å²) >= 11 is 0. The van der Waals surface area contributed by atoms with Crippen LogP contribution in [-0.4, -0.2) is 24.7 Å². The maximum absolute atomic E-state index is 12.8. The lowest BCUT2D eigenvalue weighted by Crippen LogP contribution is -2.30. The van der Waals surface area contributed by atoms with Crippen molar-refractivity contribution in [3.63, 3.8) is 0 Å². The molecular formula is C19H18N2O4. The van der Waals surface area contributed by atoms with Crippen LogP contribution in [0.3, 0.4) is 0 Å². The Morgan fingerprint density at radius 2 is 1.68 bits per heavy atom. The molecule has 1 aromatic heterocycles. The Labute approximate surface area is 144 Å². The molecule has 0 aliphatic heterocycles. The molecule has 0 fully saturated rings. The third-order valence-corrected chi connectivity index (χ3v) is 4.05. The number of nitrogens with two attached hydrogens (primary N) is 1. The van der Waals surface area contributed by atoms with Gasteiger partial charge in [0.1, 0.15) is 5.56 Å². The predicted molar refractivity (Wildman–Crippen MR) is 95.4 cm³/mol. The summed E-state index contributed by atoms with van der Waals surface area (Å²) in [7, 11) is 3.06. The third kappa shape index (κ3) is 3.06. The van der Waals surface area contributed by atoms with Crippen molar-refractivity contribution < 1.29 is 14.3 Å². The summed E-state index contributed by atoms with van der Waals surface area (Å²) in [5, 5.41) is 0.669. The normalized spacial score (nSPS) is 10.6. The second-order valence-electron chi connectivity index (χ2n) is 5.57. The van der Waals surface area contributed by atoms with Gasteiger partial charge in [-0.05, 0) is 17.7 Å². The van der Waals surface area contributed by atoms with E-state index in [1.807, 2.05) is 30.3 Å². The van der Waals surface area contributed by atoms with Gasteiger partial charge in [0.2, 0.25) is 0 Å². The van der Waals surface area contributed by atoms with E-state index in [2.05, 4.69) is 0 Å². The summed E-state index contributed by atoms with van der Waals surface area (Å²) in [5.74, 6) is 0.252. The number of fused-ring (bicyclic) bond motifs is 1. The quantitative estimate of drug-likeness (QED) is 0.773. The lowest BCUT2D eigenvalue weighted by Gasteiger charge is -2.15. The highest BCUT2D eigenvalue weighted by molar-refractivity contribution is 5.97. The van der Waals surface area contributed by atoms with Crippen LogP contribution in [0.15, 0.2) is 53.3 Å². The maximum Gasteiger partial charge on any atom is 0.264 e. The van der Waals surface area contributed by atoms with E-state index in [1.165, 1.54) is 24.9 Å². The summed E-state index contributed by atoms with van der Waals surface area (Å²) in [4.78, 5) is 24.5. The zero-order valence-corrected chi connectivity index (χ0v) is 14.0. The topological polar surface area (TPSA) is 83.5 Å². The molecule has 3 rings (SSSR count). The molecule has 0 saturated carbocycles. The minimum Gasteiger partial charge on any atom is -0.493 e. The van der Waals surface area contributed by atoms with Crippen LogP contribution in [-0.2, 0) is 6.54 Å². The molecular weight excluding hydrogens is 320 g/mol. The van der Waals surface area contributed by atoms with Crippen molar-refractivity contribution in [3.8, 4) is 11.5 Å². The Balaban J connectivity index is 2.32. The van der Waals surface area contributed by atoms with E-state index in [1.54, 1.807) is 12.1 Å². The molecule has 1 amide bonds. The van der Waals surface area contributed by atoms with Crippen LogP contribution in [0.25, 0.3) is 10.9 Å². The van der Waals surface area contributed by atoms with Crippen molar-refractivity contribution in [1.82, 2.24) is 4.57 Å². The molecule has 25 heavy (non-hydrogen) atoms. The lowest BCUT2D eigenvalue weighted by atomic mass is 10.1. The molecule has 128 valence electrons. The SMILES string of the molecule is COc1cc2cc(C(N)=O)c(=O)n(Cc3ccccc3)c2cc1OC. The first-order valence-electron chi connectivity index (χ1n) is 7.68. The zero-order chi connectivity index (χ0) is 18.0. The van der Waals surface area contributed by atoms with Gasteiger partial charge in [0, 0.05) is 11.5 Å². The van der Waals surface area contributed by atoms with Crippen LogP contribution in [0.1, 0.15) is 15.9 Å². The van der Waals surface area contributed by atoms with E-state index < -0.39 is 11.5 Å². The summed E-state index contributed by atoms with van der Waals surface area (Å²) < 4.78 is 12.2. The maximum atomic E-state index is 12.8. The number of pyridine rings is 1. The molecule has 0 atom stereocenters. The first-order chi connectivity index (χ1) is 12.0. The van der Waals surface area contributed by atoms with Crippen molar-refractivity contribution in [2.45, 2.75) is 6.54 Å². The second kappa shape index (κ2) is 6.68. The highest BCUT2D eigenvalue weighted by atomic mass is 16.5. The number of primary amides is 1. The van der Waals surface area contributed by atoms with E-state index in [9.17, 15) is 9.59 Å². The summed E-state index contributed by atoms with van der Waals surface area (Å²) in [5.41, 5.74) is 6.46. The summed E-state index contributed by atoms with van der Waals surface area (Å²) in [6.07, 6.45) is 0. The van der Waals surface area contributed by atoms with Gasteiger partial charge >= 0.3 is 0 Å². The highest BCUT2D eigenvalue weighted by Gasteiger charge is 2.16. The van der Waals surface area contributed by atoms with Gasteiger partial charge in [-0.25, -0.2) is 0 Å². The van der Waals surface area contributed by atoms with Gasteiger partial charge in [-0.15, -0.1) is 0 Å². The van der Waals surface area contributed by atoms with Gasteiger partial charge in [0.25, 0.3) is 11.5 Å². The predicted octanol–water partition coefficient (Wildman–Crippen LogP) is 2.17. The van der Waals surface area contributed by atoms with E-state index in [4.69, 9.17) is 15.2 Å². The number of aromatic nitrogens is 1. The number of methoxy groups -OCH3 is 2. The molecule has 0 saturated heterocycles. The molecule has 0 aliphatic rings. The molecule has 2 aromatic carbocycles. The van der Waals surface area contributed by atoms with E-state index >= 15 is 0 Å². The monoisotopic (exact) mass is 338 g/mol. The van der Waals surface area contributed by atoms with Crippen molar-refractivity contribution in [2.75, 3.05) is 14.2 Å². The van der Waals surface area contributed by atoms with Gasteiger partial charge < -0.3 is 19.8 Å². The van der Waals surface area contributed by atoms with E-state index in [0.29, 0.717) is 28.9 Å². The third-order valence-electron chi connectivity index (χ3n) is 4.05. The molecule has 0 aliphatic carbocycles. The average molecular weight is 338 g/mol. The van der Waals surface area contributed by atoms with Gasteiger partial charge in [-0.2, -0.15) is 0 Å². The molecule has 6 nitrogen and oxygen atoms in total. The minimum atomic E-state index is -0.761. The Morgan fingerprint density at radius 1 is 1.04 bits per heavy atom. The molecule has 6 heteroatoms. The van der Waals surface area contributed by atoms with Crippen LogP contribution in [0.2, 0.25) is 0 Å². The van der Waals surface area contributed by atoms with E-state index in [0.717, 1.165) is 5.56 Å². The number of amides is 1. The number of hydrogen-bond donors (Lipinski definition) is 1. The first-order valence-corrected chi connectivity index (χ1v) is 7.68. The van der Waals surface area contributed by atoms with E-state index in [-0.39, 0.29) is 5.56 Å². The smallest absolute Gasteiger partial charge is 0.264 e. The number of hydrogen-bond acceptors (Lipinski definition) is 4. The van der Waals surface area contributed by atoms with Crippen LogP contribution in [0.5, 0.6) is 11.5 Å². The van der Waals surface area contributed by atoms with Gasteiger partial charge in [-0.1, -0.05) is 30.3 Å². The number of ether oxygens (including phenoxy) is 2. The van der Waals surface area contributed by atoms with Crippen LogP contribution in [0.4, 0.5) is 0 Å². The Bertz CT molecular complexity index is 994. The largest absolute Gasteiger partial charge is 0.493 e. The fourth-order valence-electron chi connectivity index (χ4n) is 2.80. The van der Waals surface area contributed by atoms with Crippen LogP contribution in [0, 0.1) is 0 Å². The van der Waals surface area contributed by atoms with Crippen molar-refractivity contribution in [1.29, 1.82) is 0 Å². The van der Waals surface area contributed by atoms with Crippen LogP contribution >= 0.6 is 0 Å². The lowest BCUT2D eigenvalue weighted by molar-refractivity contribution is 0.0998. The number of carbonyl (C=O) groups excluding carboxylic acids is 1. The van der Waals surface area contributed by atoms with Crippen LogP contribution < -0.4 is 20.8 Å². The van der Waals surface area contributed by atoms with Gasteiger partial charge in [-0.3, -0.25) is 9.59 Å². The zero-order valence-electron chi connectivity index (χ0n) is 14.0. The van der Waals surface area contributed by atoms with Crippen molar-refractivity contribution in [2.24, 2.45) is 5.73 Å². The Kier molecular flexibility index (Phi) is 4.43. The molecule has 0 bridgehead atoms. The van der Waals surface area contributed by atoms with Crippen molar-refractivity contribution in [3.05, 3.63) is 70.0 Å².